The normalized spacial score (nSPS) is 15.9. The largest absolute Gasteiger partial charge is 0.416 e. The fourth-order valence-corrected chi connectivity index (χ4v) is 5.35. The molecule has 36 heavy (non-hydrogen) atoms. The number of halogens is 4. The van der Waals surface area contributed by atoms with Crippen molar-refractivity contribution in [3.63, 3.8) is 0 Å². The molecular weight excluding hydrogens is 486 g/mol. The minimum absolute atomic E-state index is 0.171. The van der Waals surface area contributed by atoms with Gasteiger partial charge in [0, 0.05) is 28.2 Å². The topological polar surface area (TPSA) is 37.0 Å². The van der Waals surface area contributed by atoms with Crippen molar-refractivity contribution >= 4 is 33.1 Å². The number of pyridine rings is 1. The quantitative estimate of drug-likeness (QED) is 0.207. The van der Waals surface area contributed by atoms with Crippen LogP contribution in [0.15, 0.2) is 85.2 Å². The van der Waals surface area contributed by atoms with Crippen LogP contribution >= 0.6 is 11.8 Å². The van der Waals surface area contributed by atoms with Crippen LogP contribution in [0.5, 0.6) is 0 Å². The third kappa shape index (κ3) is 5.39. The van der Waals surface area contributed by atoms with Crippen LogP contribution < -0.4 is 10.6 Å². The van der Waals surface area contributed by atoms with Crippen molar-refractivity contribution in [2.24, 2.45) is 0 Å². The highest BCUT2D eigenvalue weighted by Crippen LogP contribution is 2.42. The highest BCUT2D eigenvalue weighted by atomic mass is 32.2. The average Bonchev–Trinajstić information content (AvgIpc) is 3.30. The van der Waals surface area contributed by atoms with E-state index in [2.05, 4.69) is 21.7 Å². The molecule has 2 heterocycles. The molecule has 0 fully saturated rings. The van der Waals surface area contributed by atoms with Crippen LogP contribution in [-0.4, -0.2) is 17.0 Å². The van der Waals surface area contributed by atoms with Gasteiger partial charge in [-0.25, -0.2) is 4.39 Å². The highest BCUT2D eigenvalue weighted by molar-refractivity contribution is 8.09. The molecule has 0 radical (unpaired) electrons. The second kappa shape index (κ2) is 10.3. The van der Waals surface area contributed by atoms with Crippen LogP contribution in [0.4, 0.5) is 17.6 Å². The zero-order chi connectivity index (χ0) is 25.1. The molecule has 184 valence electrons. The summed E-state index contributed by atoms with van der Waals surface area (Å²) < 4.78 is 53.0. The predicted molar refractivity (Wildman–Crippen MR) is 137 cm³/mol. The van der Waals surface area contributed by atoms with Gasteiger partial charge in [-0.05, 0) is 72.3 Å². The zero-order valence-electron chi connectivity index (χ0n) is 19.1. The third-order valence-electron chi connectivity index (χ3n) is 6.04. The Hall–Kier alpha value is -3.36. The Bertz CT molecular complexity index is 1400. The monoisotopic (exact) mass is 509 g/mol. The first-order valence-electron chi connectivity index (χ1n) is 11.5. The second-order valence-electron chi connectivity index (χ2n) is 8.52. The number of nitrogens with one attached hydrogen (secondary N) is 2. The van der Waals surface area contributed by atoms with Crippen LogP contribution in [0.2, 0.25) is 0 Å². The summed E-state index contributed by atoms with van der Waals surface area (Å²) >= 11 is 1.59. The van der Waals surface area contributed by atoms with E-state index < -0.39 is 11.7 Å². The molecule has 0 spiro atoms. The van der Waals surface area contributed by atoms with E-state index in [0.717, 1.165) is 51.1 Å². The molecule has 0 aliphatic carbocycles. The van der Waals surface area contributed by atoms with Crippen LogP contribution in [0.25, 0.3) is 21.4 Å². The van der Waals surface area contributed by atoms with Gasteiger partial charge in [-0.15, -0.1) is 0 Å². The lowest BCUT2D eigenvalue weighted by Crippen LogP contribution is -2.36. The molecule has 1 aromatic heterocycles. The van der Waals surface area contributed by atoms with Crippen molar-refractivity contribution in [1.29, 1.82) is 0 Å². The van der Waals surface area contributed by atoms with Gasteiger partial charge >= 0.3 is 6.18 Å². The predicted octanol–water partition coefficient (Wildman–Crippen LogP) is 7.06. The summed E-state index contributed by atoms with van der Waals surface area (Å²) in [6, 6.07) is 20.0. The van der Waals surface area contributed by atoms with E-state index in [4.69, 9.17) is 0 Å². The second-order valence-corrected chi connectivity index (χ2v) is 9.63. The summed E-state index contributed by atoms with van der Waals surface area (Å²) in [4.78, 5) is 5.11. The third-order valence-corrected chi connectivity index (χ3v) is 7.23. The average molecular weight is 510 g/mol. The maximum atomic E-state index is 14.7. The lowest BCUT2D eigenvalue weighted by atomic mass is 10.0. The number of thioether (sulfide) groups is 1. The van der Waals surface area contributed by atoms with Gasteiger partial charge in [0.25, 0.3) is 0 Å². The smallest absolute Gasteiger partial charge is 0.360 e. The summed E-state index contributed by atoms with van der Waals surface area (Å²) in [5.41, 5.74) is 2.26. The van der Waals surface area contributed by atoms with E-state index in [0.29, 0.717) is 18.5 Å². The first-order chi connectivity index (χ1) is 17.4. The molecule has 0 saturated carbocycles. The van der Waals surface area contributed by atoms with Crippen molar-refractivity contribution < 1.29 is 17.6 Å². The lowest BCUT2D eigenvalue weighted by molar-refractivity contribution is -0.137. The van der Waals surface area contributed by atoms with Gasteiger partial charge in [0.1, 0.15) is 11.3 Å². The van der Waals surface area contributed by atoms with Gasteiger partial charge in [-0.2, -0.15) is 13.2 Å². The van der Waals surface area contributed by atoms with Gasteiger partial charge < -0.3 is 5.32 Å². The number of aromatic nitrogens is 1. The maximum absolute atomic E-state index is 14.7. The zero-order valence-corrected chi connectivity index (χ0v) is 20.0. The molecule has 1 unspecified atom stereocenters. The Morgan fingerprint density at radius 2 is 1.75 bits per heavy atom. The fourth-order valence-electron chi connectivity index (χ4n) is 4.18. The van der Waals surface area contributed by atoms with Crippen molar-refractivity contribution in [2.45, 2.75) is 24.5 Å². The van der Waals surface area contributed by atoms with Crippen molar-refractivity contribution in [2.75, 3.05) is 6.54 Å². The van der Waals surface area contributed by atoms with E-state index >= 15 is 0 Å². The molecule has 3 nitrogen and oxygen atoms in total. The SMILES string of the molecule is Fc1ccccc1C1=C(c2ccc3cnccc3c2)SC(NCCCc2ccc(C(F)(F)F)cc2)N1. The first-order valence-corrected chi connectivity index (χ1v) is 12.4. The van der Waals surface area contributed by atoms with Gasteiger partial charge in [0.05, 0.1) is 11.3 Å². The Balaban J connectivity index is 1.28. The van der Waals surface area contributed by atoms with E-state index in [1.807, 2.05) is 30.5 Å². The Kier molecular flexibility index (Phi) is 6.98. The van der Waals surface area contributed by atoms with Crippen LogP contribution in [0.3, 0.4) is 0 Å². The van der Waals surface area contributed by atoms with E-state index in [1.165, 1.54) is 18.2 Å². The molecule has 1 atom stereocenters. The molecule has 1 aliphatic rings. The lowest BCUT2D eigenvalue weighted by Gasteiger charge is -2.15. The number of fused-ring (bicyclic) bond motifs is 1. The maximum Gasteiger partial charge on any atom is 0.416 e. The van der Waals surface area contributed by atoms with Gasteiger partial charge in [0.2, 0.25) is 0 Å². The minimum atomic E-state index is -4.33. The highest BCUT2D eigenvalue weighted by Gasteiger charge is 2.30. The number of hydrogen-bond donors (Lipinski definition) is 2. The van der Waals surface area contributed by atoms with Crippen molar-refractivity contribution in [3.8, 4) is 0 Å². The molecule has 4 aromatic rings. The number of aryl methyl sites for hydroxylation is 1. The van der Waals surface area contributed by atoms with Gasteiger partial charge in [0.15, 0.2) is 0 Å². The summed E-state index contributed by atoms with van der Waals surface area (Å²) in [6.07, 6.45) is 0.638. The van der Waals surface area contributed by atoms with Gasteiger partial charge in [-0.3, -0.25) is 10.3 Å². The number of nitrogens with zero attached hydrogens (tertiary/aromatic N) is 1. The van der Waals surface area contributed by atoms with Crippen molar-refractivity contribution in [3.05, 3.63) is 113 Å². The number of alkyl halides is 3. The van der Waals surface area contributed by atoms with E-state index in [1.54, 1.807) is 30.1 Å². The van der Waals surface area contributed by atoms with Crippen molar-refractivity contribution in [1.82, 2.24) is 15.6 Å². The summed E-state index contributed by atoms with van der Waals surface area (Å²) in [6.45, 7) is 0.646. The van der Waals surface area contributed by atoms with Crippen LogP contribution in [0, 0.1) is 5.82 Å². The molecule has 0 amide bonds. The molecule has 3 aromatic carbocycles. The molecule has 8 heteroatoms. The molecule has 1 aliphatic heterocycles. The summed E-state index contributed by atoms with van der Waals surface area (Å²) in [7, 11) is 0. The Morgan fingerprint density at radius 3 is 2.53 bits per heavy atom. The molecular formula is C28H23F4N3S. The van der Waals surface area contributed by atoms with Crippen LogP contribution in [0.1, 0.15) is 28.7 Å². The molecule has 2 N–H and O–H groups in total. The Morgan fingerprint density at radius 1 is 0.944 bits per heavy atom. The molecule has 0 saturated heterocycles. The van der Waals surface area contributed by atoms with E-state index in [9.17, 15) is 17.6 Å². The first kappa shape index (κ1) is 24.3. The number of rotatable bonds is 7. The number of hydrogen-bond acceptors (Lipinski definition) is 4. The summed E-state index contributed by atoms with van der Waals surface area (Å²) in [5.74, 6) is -0.300. The fraction of sp³-hybridized carbons (Fsp3) is 0.179. The standard InChI is InChI=1S/C28H23F4N3S/c29-24-6-2-1-5-23(24)25-26(20-9-10-21-17-33-15-13-19(21)16-20)36-27(35-25)34-14-3-4-18-7-11-22(12-8-18)28(30,31)32/h1-2,5-13,15-17,27,34-35H,3-4,14H2. The molecule has 0 bridgehead atoms. The minimum Gasteiger partial charge on any atom is -0.360 e. The van der Waals surface area contributed by atoms with Crippen LogP contribution in [-0.2, 0) is 12.6 Å². The van der Waals surface area contributed by atoms with Gasteiger partial charge in [-0.1, -0.05) is 48.2 Å². The summed E-state index contributed by atoms with van der Waals surface area (Å²) in [5, 5.41) is 8.95. The number of benzene rings is 3. The molecule has 5 rings (SSSR count). The Labute approximate surface area is 210 Å². The van der Waals surface area contributed by atoms with E-state index in [-0.39, 0.29) is 11.3 Å².